The Hall–Kier alpha value is -0.300. The summed E-state index contributed by atoms with van der Waals surface area (Å²) in [7, 11) is 0. The van der Waals surface area contributed by atoms with Crippen LogP contribution in [-0.4, -0.2) is 12.6 Å². The lowest BCUT2D eigenvalue weighted by Gasteiger charge is -2.22. The van der Waals surface area contributed by atoms with Gasteiger partial charge in [-0.3, -0.25) is 0 Å². The third kappa shape index (κ3) is 3.95. The molecule has 13 heavy (non-hydrogen) atoms. The fourth-order valence-electron chi connectivity index (χ4n) is 2.10. The maximum atomic E-state index is 3.93. The van der Waals surface area contributed by atoms with E-state index in [2.05, 4.69) is 25.7 Å². The minimum absolute atomic E-state index is 0.735. The monoisotopic (exact) mass is 181 g/mol. The Kier molecular flexibility index (Phi) is 4.51. The first kappa shape index (κ1) is 10.8. The van der Waals surface area contributed by atoms with Gasteiger partial charge in [-0.1, -0.05) is 38.3 Å². The standard InChI is InChI=1S/C12H23N/c1-10(2)9-13-12-8-6-4-5-7-11(12)3/h11-13H,1,4-9H2,2-3H3. The smallest absolute Gasteiger partial charge is 0.0161 e. The zero-order valence-corrected chi connectivity index (χ0v) is 9.10. The molecule has 1 nitrogen and oxygen atoms in total. The van der Waals surface area contributed by atoms with Crippen molar-refractivity contribution < 1.29 is 0 Å². The normalized spacial score (nSPS) is 29.7. The second-order valence-corrected chi connectivity index (χ2v) is 4.56. The Morgan fingerprint density at radius 2 is 2.00 bits per heavy atom. The molecular formula is C12H23N. The summed E-state index contributed by atoms with van der Waals surface area (Å²) < 4.78 is 0. The molecule has 0 amide bonds. The third-order valence-electron chi connectivity index (χ3n) is 3.03. The molecule has 1 N–H and O–H groups in total. The molecule has 0 aliphatic heterocycles. The lowest BCUT2D eigenvalue weighted by atomic mass is 9.97. The lowest BCUT2D eigenvalue weighted by molar-refractivity contribution is 0.367. The average molecular weight is 181 g/mol. The molecule has 1 rings (SSSR count). The van der Waals surface area contributed by atoms with Crippen LogP contribution in [0.1, 0.15) is 46.0 Å². The molecule has 2 unspecified atom stereocenters. The van der Waals surface area contributed by atoms with Crippen LogP contribution in [0.5, 0.6) is 0 Å². The van der Waals surface area contributed by atoms with Gasteiger partial charge in [-0.15, -0.1) is 0 Å². The van der Waals surface area contributed by atoms with E-state index in [4.69, 9.17) is 0 Å². The highest BCUT2D eigenvalue weighted by Gasteiger charge is 2.18. The molecule has 1 fully saturated rings. The molecule has 1 heteroatoms. The number of nitrogens with one attached hydrogen (secondary N) is 1. The van der Waals surface area contributed by atoms with Gasteiger partial charge < -0.3 is 5.32 Å². The Morgan fingerprint density at radius 1 is 1.31 bits per heavy atom. The summed E-state index contributed by atoms with van der Waals surface area (Å²) in [5, 5.41) is 3.61. The van der Waals surface area contributed by atoms with Crippen molar-refractivity contribution in [2.75, 3.05) is 6.54 Å². The fraction of sp³-hybridized carbons (Fsp3) is 0.833. The van der Waals surface area contributed by atoms with Crippen LogP contribution < -0.4 is 5.32 Å². The molecule has 0 aromatic rings. The van der Waals surface area contributed by atoms with Crippen LogP contribution in [-0.2, 0) is 0 Å². The molecule has 0 saturated heterocycles. The number of rotatable bonds is 3. The predicted molar refractivity (Wildman–Crippen MR) is 58.9 cm³/mol. The van der Waals surface area contributed by atoms with Crippen molar-refractivity contribution in [3.63, 3.8) is 0 Å². The average Bonchev–Trinajstić information content (AvgIpc) is 2.27. The molecule has 1 aliphatic rings. The van der Waals surface area contributed by atoms with Gasteiger partial charge in [-0.05, 0) is 25.7 Å². The van der Waals surface area contributed by atoms with Gasteiger partial charge in [0.2, 0.25) is 0 Å². The van der Waals surface area contributed by atoms with Gasteiger partial charge in [0, 0.05) is 12.6 Å². The summed E-state index contributed by atoms with van der Waals surface area (Å²) in [6, 6.07) is 0.735. The summed E-state index contributed by atoms with van der Waals surface area (Å²) in [5.41, 5.74) is 1.25. The van der Waals surface area contributed by atoms with E-state index in [-0.39, 0.29) is 0 Å². The summed E-state index contributed by atoms with van der Waals surface area (Å²) in [6.45, 7) is 9.39. The van der Waals surface area contributed by atoms with E-state index in [0.717, 1.165) is 18.5 Å². The van der Waals surface area contributed by atoms with Crippen LogP contribution in [0, 0.1) is 5.92 Å². The van der Waals surface area contributed by atoms with E-state index < -0.39 is 0 Å². The highest BCUT2D eigenvalue weighted by Crippen LogP contribution is 2.22. The van der Waals surface area contributed by atoms with Crippen molar-refractivity contribution in [1.82, 2.24) is 5.32 Å². The van der Waals surface area contributed by atoms with Crippen LogP contribution >= 0.6 is 0 Å². The predicted octanol–water partition coefficient (Wildman–Crippen LogP) is 3.12. The van der Waals surface area contributed by atoms with E-state index in [1.54, 1.807) is 0 Å². The van der Waals surface area contributed by atoms with Crippen molar-refractivity contribution in [2.45, 2.75) is 52.0 Å². The van der Waals surface area contributed by atoms with Crippen molar-refractivity contribution in [2.24, 2.45) is 5.92 Å². The van der Waals surface area contributed by atoms with Crippen molar-refractivity contribution in [3.8, 4) is 0 Å². The van der Waals surface area contributed by atoms with Gasteiger partial charge in [0.15, 0.2) is 0 Å². The first-order valence-corrected chi connectivity index (χ1v) is 5.58. The minimum Gasteiger partial charge on any atom is -0.310 e. The van der Waals surface area contributed by atoms with Gasteiger partial charge in [0.05, 0.1) is 0 Å². The maximum absolute atomic E-state index is 3.93. The summed E-state index contributed by atoms with van der Waals surface area (Å²) in [6.07, 6.45) is 7.00. The molecule has 0 spiro atoms. The van der Waals surface area contributed by atoms with E-state index in [1.165, 1.54) is 37.7 Å². The molecule has 0 heterocycles. The van der Waals surface area contributed by atoms with Crippen LogP contribution in [0.25, 0.3) is 0 Å². The summed E-state index contributed by atoms with van der Waals surface area (Å²) in [4.78, 5) is 0. The SMILES string of the molecule is C=C(C)CNC1CCCCCC1C. The van der Waals surface area contributed by atoms with Gasteiger partial charge in [0.1, 0.15) is 0 Å². The highest BCUT2D eigenvalue weighted by molar-refractivity contribution is 4.92. The van der Waals surface area contributed by atoms with E-state index in [0.29, 0.717) is 0 Å². The lowest BCUT2D eigenvalue weighted by Crippen LogP contribution is -2.35. The Morgan fingerprint density at radius 3 is 2.69 bits per heavy atom. The number of hydrogen-bond acceptors (Lipinski definition) is 1. The van der Waals surface area contributed by atoms with Crippen LogP contribution in [0.15, 0.2) is 12.2 Å². The largest absolute Gasteiger partial charge is 0.310 e. The zero-order valence-electron chi connectivity index (χ0n) is 9.10. The van der Waals surface area contributed by atoms with Crippen molar-refractivity contribution in [1.29, 1.82) is 0 Å². The van der Waals surface area contributed by atoms with E-state index in [9.17, 15) is 0 Å². The zero-order chi connectivity index (χ0) is 9.68. The molecule has 0 radical (unpaired) electrons. The molecule has 2 atom stereocenters. The molecular weight excluding hydrogens is 158 g/mol. The number of hydrogen-bond donors (Lipinski definition) is 1. The van der Waals surface area contributed by atoms with Crippen molar-refractivity contribution >= 4 is 0 Å². The molecule has 1 aliphatic carbocycles. The first-order valence-electron chi connectivity index (χ1n) is 5.58. The molecule has 0 aromatic heterocycles. The van der Waals surface area contributed by atoms with E-state index >= 15 is 0 Å². The maximum Gasteiger partial charge on any atom is 0.0161 e. The summed E-state index contributed by atoms with van der Waals surface area (Å²) in [5.74, 6) is 0.849. The van der Waals surface area contributed by atoms with Crippen molar-refractivity contribution in [3.05, 3.63) is 12.2 Å². The third-order valence-corrected chi connectivity index (χ3v) is 3.03. The van der Waals surface area contributed by atoms with Gasteiger partial charge in [-0.2, -0.15) is 0 Å². The minimum atomic E-state index is 0.735. The van der Waals surface area contributed by atoms with Gasteiger partial charge >= 0.3 is 0 Å². The fourth-order valence-corrected chi connectivity index (χ4v) is 2.10. The van der Waals surface area contributed by atoms with Crippen LogP contribution in [0.3, 0.4) is 0 Å². The molecule has 76 valence electrons. The van der Waals surface area contributed by atoms with Crippen LogP contribution in [0.2, 0.25) is 0 Å². The first-order chi connectivity index (χ1) is 6.20. The molecule has 0 aromatic carbocycles. The quantitative estimate of drug-likeness (QED) is 0.521. The molecule has 1 saturated carbocycles. The Bertz CT molecular complexity index is 163. The van der Waals surface area contributed by atoms with E-state index in [1.807, 2.05) is 0 Å². The van der Waals surface area contributed by atoms with Crippen LogP contribution in [0.4, 0.5) is 0 Å². The molecule has 0 bridgehead atoms. The second kappa shape index (κ2) is 5.43. The Balaban J connectivity index is 2.31. The second-order valence-electron chi connectivity index (χ2n) is 4.56. The van der Waals surface area contributed by atoms with Gasteiger partial charge in [0.25, 0.3) is 0 Å². The summed E-state index contributed by atoms with van der Waals surface area (Å²) >= 11 is 0. The Labute approximate surface area is 82.6 Å². The topological polar surface area (TPSA) is 12.0 Å². The van der Waals surface area contributed by atoms with Gasteiger partial charge in [-0.25, -0.2) is 0 Å². The highest BCUT2D eigenvalue weighted by atomic mass is 14.9.